The fraction of sp³-hybridized carbons (Fsp3) is 1.00. The Hall–Kier alpha value is -0.0800. The van der Waals surface area contributed by atoms with Crippen LogP contribution in [0.4, 0.5) is 0 Å². The minimum Gasteiger partial charge on any atom is -0.315 e. The van der Waals surface area contributed by atoms with E-state index in [9.17, 15) is 0 Å². The first-order chi connectivity index (χ1) is 6.22. The molecule has 0 aromatic rings. The zero-order chi connectivity index (χ0) is 9.68. The van der Waals surface area contributed by atoms with Gasteiger partial charge >= 0.3 is 0 Å². The van der Waals surface area contributed by atoms with Crippen LogP contribution < -0.4 is 5.32 Å². The molecule has 1 N–H and O–H groups in total. The molecule has 0 radical (unpaired) electrons. The Bertz CT molecular complexity index is 136. The molecule has 2 atom stereocenters. The maximum Gasteiger partial charge on any atom is 0.0107 e. The van der Waals surface area contributed by atoms with Gasteiger partial charge in [0.25, 0.3) is 0 Å². The van der Waals surface area contributed by atoms with E-state index < -0.39 is 0 Å². The van der Waals surface area contributed by atoms with E-state index in [2.05, 4.69) is 31.0 Å². The van der Waals surface area contributed by atoms with Crippen LogP contribution in [0.5, 0.6) is 0 Å². The molecule has 0 bridgehead atoms. The lowest BCUT2D eigenvalue weighted by Crippen LogP contribution is -2.33. The number of hydrogen-bond acceptors (Lipinski definition) is 2. The number of rotatable bonds is 3. The summed E-state index contributed by atoms with van der Waals surface area (Å²) in [5.74, 6) is 1.66. The molecule has 2 nitrogen and oxygen atoms in total. The second kappa shape index (κ2) is 5.61. The molecule has 2 unspecified atom stereocenters. The Morgan fingerprint density at radius 2 is 2.31 bits per heavy atom. The molecule has 1 aliphatic heterocycles. The Morgan fingerprint density at radius 3 is 3.00 bits per heavy atom. The van der Waals surface area contributed by atoms with Gasteiger partial charge in [0.15, 0.2) is 0 Å². The highest BCUT2D eigenvalue weighted by molar-refractivity contribution is 4.72. The first kappa shape index (κ1) is 11.0. The van der Waals surface area contributed by atoms with Gasteiger partial charge in [0, 0.05) is 26.2 Å². The summed E-state index contributed by atoms with van der Waals surface area (Å²) in [5, 5.41) is 3.48. The molecule has 0 saturated carbocycles. The topological polar surface area (TPSA) is 15.3 Å². The van der Waals surface area contributed by atoms with Crippen LogP contribution in [0, 0.1) is 11.8 Å². The van der Waals surface area contributed by atoms with Crippen molar-refractivity contribution in [3.05, 3.63) is 0 Å². The highest BCUT2D eigenvalue weighted by Crippen LogP contribution is 2.08. The Kier molecular flexibility index (Phi) is 4.74. The van der Waals surface area contributed by atoms with Crippen LogP contribution in [0.1, 0.15) is 27.2 Å². The predicted molar refractivity (Wildman–Crippen MR) is 57.9 cm³/mol. The molecule has 13 heavy (non-hydrogen) atoms. The van der Waals surface area contributed by atoms with E-state index in [1.807, 2.05) is 0 Å². The first-order valence-corrected chi connectivity index (χ1v) is 5.65. The van der Waals surface area contributed by atoms with Crippen LogP contribution in [-0.2, 0) is 0 Å². The van der Waals surface area contributed by atoms with E-state index in [1.165, 1.54) is 39.1 Å². The van der Waals surface area contributed by atoms with Crippen molar-refractivity contribution in [2.45, 2.75) is 27.2 Å². The largest absolute Gasteiger partial charge is 0.315 e. The average molecular weight is 184 g/mol. The van der Waals surface area contributed by atoms with E-state index in [-0.39, 0.29) is 0 Å². The molecule has 1 rings (SSSR count). The van der Waals surface area contributed by atoms with E-state index in [0.29, 0.717) is 0 Å². The Morgan fingerprint density at radius 1 is 1.54 bits per heavy atom. The summed E-state index contributed by atoms with van der Waals surface area (Å²) >= 11 is 0. The lowest BCUT2D eigenvalue weighted by atomic mass is 10.1. The van der Waals surface area contributed by atoms with Crippen molar-refractivity contribution in [2.24, 2.45) is 11.8 Å². The van der Waals surface area contributed by atoms with Crippen LogP contribution in [0.2, 0.25) is 0 Å². The molecular formula is C11H24N2. The molecule has 78 valence electrons. The van der Waals surface area contributed by atoms with E-state index in [4.69, 9.17) is 0 Å². The standard InChI is InChI=1S/C11H24N2/c1-4-10(2)8-13-6-5-12-7-11(3)9-13/h10-12H,4-9H2,1-3H3. The highest BCUT2D eigenvalue weighted by Gasteiger charge is 2.15. The number of nitrogens with zero attached hydrogens (tertiary/aromatic N) is 1. The summed E-state index contributed by atoms with van der Waals surface area (Å²) in [6, 6.07) is 0. The van der Waals surface area contributed by atoms with Crippen molar-refractivity contribution >= 4 is 0 Å². The third kappa shape index (κ3) is 4.10. The second-order valence-electron chi connectivity index (χ2n) is 4.58. The quantitative estimate of drug-likeness (QED) is 0.716. The third-order valence-electron chi connectivity index (χ3n) is 2.93. The van der Waals surface area contributed by atoms with Crippen molar-refractivity contribution in [3.8, 4) is 0 Å². The summed E-state index contributed by atoms with van der Waals surface area (Å²) in [7, 11) is 0. The normalized spacial score (nSPS) is 28.4. The fourth-order valence-corrected chi connectivity index (χ4v) is 1.92. The van der Waals surface area contributed by atoms with Crippen LogP contribution in [0.3, 0.4) is 0 Å². The molecule has 2 heteroatoms. The van der Waals surface area contributed by atoms with Gasteiger partial charge in [-0.3, -0.25) is 0 Å². The third-order valence-corrected chi connectivity index (χ3v) is 2.93. The van der Waals surface area contributed by atoms with Gasteiger partial charge in [-0.05, 0) is 18.4 Å². The molecular weight excluding hydrogens is 160 g/mol. The van der Waals surface area contributed by atoms with Gasteiger partial charge in [0.1, 0.15) is 0 Å². The first-order valence-electron chi connectivity index (χ1n) is 5.65. The van der Waals surface area contributed by atoms with Gasteiger partial charge in [0.05, 0.1) is 0 Å². The fourth-order valence-electron chi connectivity index (χ4n) is 1.92. The summed E-state index contributed by atoms with van der Waals surface area (Å²) in [6.45, 7) is 13.1. The zero-order valence-electron chi connectivity index (χ0n) is 9.34. The maximum atomic E-state index is 3.48. The zero-order valence-corrected chi connectivity index (χ0v) is 9.34. The Labute approximate surface area is 82.7 Å². The number of nitrogens with one attached hydrogen (secondary N) is 1. The molecule has 1 fully saturated rings. The maximum absolute atomic E-state index is 3.48. The Balaban J connectivity index is 2.30. The number of hydrogen-bond donors (Lipinski definition) is 1. The van der Waals surface area contributed by atoms with Crippen molar-refractivity contribution in [1.82, 2.24) is 10.2 Å². The van der Waals surface area contributed by atoms with Crippen LogP contribution in [-0.4, -0.2) is 37.6 Å². The molecule has 0 aliphatic carbocycles. The summed E-state index contributed by atoms with van der Waals surface area (Å²) in [5.41, 5.74) is 0. The molecule has 0 amide bonds. The lowest BCUT2D eigenvalue weighted by molar-refractivity contribution is 0.228. The molecule has 0 aromatic heterocycles. The molecule has 1 saturated heterocycles. The smallest absolute Gasteiger partial charge is 0.0107 e. The van der Waals surface area contributed by atoms with E-state index in [1.54, 1.807) is 0 Å². The van der Waals surface area contributed by atoms with Gasteiger partial charge < -0.3 is 10.2 Å². The minimum atomic E-state index is 0.812. The molecule has 0 spiro atoms. The van der Waals surface area contributed by atoms with Crippen molar-refractivity contribution in [2.75, 3.05) is 32.7 Å². The van der Waals surface area contributed by atoms with Crippen molar-refractivity contribution < 1.29 is 0 Å². The predicted octanol–water partition coefficient (Wildman–Crippen LogP) is 1.57. The molecule has 0 aromatic carbocycles. The lowest BCUT2D eigenvalue weighted by Gasteiger charge is -2.24. The van der Waals surface area contributed by atoms with Crippen LogP contribution in [0.25, 0.3) is 0 Å². The van der Waals surface area contributed by atoms with Gasteiger partial charge in [-0.15, -0.1) is 0 Å². The summed E-state index contributed by atoms with van der Waals surface area (Å²) in [6.07, 6.45) is 1.30. The van der Waals surface area contributed by atoms with Gasteiger partial charge in [-0.25, -0.2) is 0 Å². The van der Waals surface area contributed by atoms with Gasteiger partial charge in [-0.2, -0.15) is 0 Å². The molecule has 1 aliphatic rings. The van der Waals surface area contributed by atoms with Gasteiger partial charge in [-0.1, -0.05) is 27.2 Å². The van der Waals surface area contributed by atoms with Crippen molar-refractivity contribution in [3.63, 3.8) is 0 Å². The summed E-state index contributed by atoms with van der Waals surface area (Å²) in [4.78, 5) is 2.61. The molecule has 1 heterocycles. The van der Waals surface area contributed by atoms with Crippen molar-refractivity contribution in [1.29, 1.82) is 0 Å². The van der Waals surface area contributed by atoms with E-state index in [0.717, 1.165) is 11.8 Å². The monoisotopic (exact) mass is 184 g/mol. The minimum absolute atomic E-state index is 0.812. The summed E-state index contributed by atoms with van der Waals surface area (Å²) < 4.78 is 0. The SMILES string of the molecule is CCC(C)CN1CCNCC(C)C1. The van der Waals surface area contributed by atoms with E-state index >= 15 is 0 Å². The highest BCUT2D eigenvalue weighted by atomic mass is 15.2. The van der Waals surface area contributed by atoms with Crippen LogP contribution in [0.15, 0.2) is 0 Å². The second-order valence-corrected chi connectivity index (χ2v) is 4.58. The van der Waals surface area contributed by atoms with Gasteiger partial charge in [0.2, 0.25) is 0 Å². The van der Waals surface area contributed by atoms with Crippen LogP contribution >= 0.6 is 0 Å². The average Bonchev–Trinajstić information content (AvgIpc) is 2.30.